The number of aliphatic imine (C=N–C) groups is 1. The lowest BCUT2D eigenvalue weighted by Crippen LogP contribution is -2.41. The molecule has 0 fully saturated rings. The number of nitrogens with one attached hydrogen (secondary N) is 3. The molecule has 1 rings (SSSR count). The molecule has 1 amide bonds. The Morgan fingerprint density at radius 1 is 1.13 bits per heavy atom. The van der Waals surface area contributed by atoms with Gasteiger partial charge in [0.2, 0.25) is 0 Å². The summed E-state index contributed by atoms with van der Waals surface area (Å²) < 4.78 is 0.898. The normalized spacial score (nSPS) is 10.7. The first kappa shape index (κ1) is 22.2. The van der Waals surface area contributed by atoms with Crippen molar-refractivity contribution < 1.29 is 4.79 Å². The predicted octanol–water partition coefficient (Wildman–Crippen LogP) is 3.15. The highest BCUT2D eigenvalue weighted by molar-refractivity contribution is 14.0. The van der Waals surface area contributed by atoms with E-state index in [2.05, 4.69) is 43.8 Å². The zero-order valence-corrected chi connectivity index (χ0v) is 17.6. The van der Waals surface area contributed by atoms with Gasteiger partial charge in [-0.25, -0.2) is 0 Å². The third-order valence-corrected chi connectivity index (χ3v) is 3.58. The summed E-state index contributed by atoms with van der Waals surface area (Å²) in [4.78, 5) is 16.1. The van der Waals surface area contributed by atoms with Gasteiger partial charge in [0.15, 0.2) is 5.96 Å². The van der Waals surface area contributed by atoms with Crippen LogP contribution in [0, 0.1) is 0 Å². The van der Waals surface area contributed by atoms with Crippen molar-refractivity contribution in [3.05, 3.63) is 34.3 Å². The van der Waals surface area contributed by atoms with Gasteiger partial charge in [0.05, 0.1) is 0 Å². The number of hydrogen-bond donors (Lipinski definition) is 3. The lowest BCUT2D eigenvalue weighted by molar-refractivity contribution is 0.0954. The predicted molar refractivity (Wildman–Crippen MR) is 111 cm³/mol. The Labute approximate surface area is 164 Å². The number of halogens is 2. The number of unbranched alkanes of at least 4 members (excludes halogenated alkanes) is 2. The van der Waals surface area contributed by atoms with Crippen LogP contribution in [0.1, 0.15) is 36.5 Å². The van der Waals surface area contributed by atoms with Gasteiger partial charge in [-0.2, -0.15) is 0 Å². The van der Waals surface area contributed by atoms with Crippen LogP contribution >= 0.6 is 39.9 Å². The average Bonchev–Trinajstić information content (AvgIpc) is 2.53. The quantitative estimate of drug-likeness (QED) is 0.224. The van der Waals surface area contributed by atoms with Crippen LogP contribution < -0.4 is 16.0 Å². The Hall–Kier alpha value is -0.830. The van der Waals surface area contributed by atoms with E-state index >= 15 is 0 Å². The van der Waals surface area contributed by atoms with Crippen LogP contribution in [0.2, 0.25) is 0 Å². The third kappa shape index (κ3) is 9.80. The van der Waals surface area contributed by atoms with Crippen LogP contribution in [0.3, 0.4) is 0 Å². The van der Waals surface area contributed by atoms with Crippen molar-refractivity contribution in [1.29, 1.82) is 0 Å². The molecule has 23 heavy (non-hydrogen) atoms. The minimum absolute atomic E-state index is 0. The summed E-state index contributed by atoms with van der Waals surface area (Å²) in [5, 5.41) is 9.31. The zero-order chi connectivity index (χ0) is 16.2. The van der Waals surface area contributed by atoms with Gasteiger partial charge in [0, 0.05) is 36.7 Å². The molecule has 0 bridgehead atoms. The molecular formula is C16H26BrIN4O. The number of guanidine groups is 1. The van der Waals surface area contributed by atoms with Crippen LogP contribution in [0.4, 0.5) is 0 Å². The van der Waals surface area contributed by atoms with Gasteiger partial charge in [-0.1, -0.05) is 41.8 Å². The van der Waals surface area contributed by atoms with Crippen LogP contribution in [0.15, 0.2) is 33.7 Å². The summed E-state index contributed by atoms with van der Waals surface area (Å²) in [6, 6.07) is 7.34. The molecule has 0 atom stereocenters. The molecule has 0 radical (unpaired) electrons. The molecule has 1 aromatic rings. The molecule has 0 aromatic heterocycles. The molecule has 1 aromatic carbocycles. The summed E-state index contributed by atoms with van der Waals surface area (Å²) >= 11 is 3.36. The number of rotatable bonds is 8. The molecule has 0 spiro atoms. The first-order valence-electron chi connectivity index (χ1n) is 7.65. The third-order valence-electron chi connectivity index (χ3n) is 3.09. The van der Waals surface area contributed by atoms with E-state index in [4.69, 9.17) is 0 Å². The van der Waals surface area contributed by atoms with Crippen molar-refractivity contribution in [2.24, 2.45) is 4.99 Å². The average molecular weight is 497 g/mol. The lowest BCUT2D eigenvalue weighted by atomic mass is 10.2. The first-order chi connectivity index (χ1) is 10.7. The number of benzene rings is 1. The second-order valence-corrected chi connectivity index (χ2v) is 5.81. The topological polar surface area (TPSA) is 65.5 Å². The second kappa shape index (κ2) is 13.6. The Morgan fingerprint density at radius 2 is 1.83 bits per heavy atom. The molecule has 0 unspecified atom stereocenters. The number of carbonyl (C=O) groups is 1. The van der Waals surface area contributed by atoms with E-state index in [-0.39, 0.29) is 29.9 Å². The SMILES string of the molecule is CCCCCNC(=NC)NCCNC(=O)c1cccc(Br)c1.I. The maximum Gasteiger partial charge on any atom is 0.251 e. The molecule has 0 aliphatic rings. The van der Waals surface area contributed by atoms with Crippen LogP contribution in [0.5, 0.6) is 0 Å². The number of carbonyl (C=O) groups excluding carboxylic acids is 1. The summed E-state index contributed by atoms with van der Waals surface area (Å²) in [6.07, 6.45) is 3.55. The van der Waals surface area contributed by atoms with Gasteiger partial charge in [0.1, 0.15) is 0 Å². The lowest BCUT2D eigenvalue weighted by Gasteiger charge is -2.12. The Balaban J connectivity index is 0.00000484. The number of hydrogen-bond acceptors (Lipinski definition) is 2. The Morgan fingerprint density at radius 3 is 2.48 bits per heavy atom. The molecule has 0 saturated heterocycles. The zero-order valence-electron chi connectivity index (χ0n) is 13.7. The van der Waals surface area contributed by atoms with E-state index in [9.17, 15) is 4.79 Å². The minimum Gasteiger partial charge on any atom is -0.356 e. The van der Waals surface area contributed by atoms with E-state index in [0.717, 1.165) is 23.4 Å². The first-order valence-corrected chi connectivity index (χ1v) is 8.45. The van der Waals surface area contributed by atoms with Crippen molar-refractivity contribution in [3.63, 3.8) is 0 Å². The summed E-state index contributed by atoms with van der Waals surface area (Å²) in [7, 11) is 1.75. The maximum absolute atomic E-state index is 11.9. The van der Waals surface area contributed by atoms with Crippen molar-refractivity contribution in [1.82, 2.24) is 16.0 Å². The van der Waals surface area contributed by atoms with E-state index in [0.29, 0.717) is 18.7 Å². The highest BCUT2D eigenvalue weighted by Gasteiger charge is 2.04. The Bertz CT molecular complexity index is 497. The molecule has 5 nitrogen and oxygen atoms in total. The van der Waals surface area contributed by atoms with Gasteiger partial charge >= 0.3 is 0 Å². The van der Waals surface area contributed by atoms with E-state index in [1.807, 2.05) is 12.1 Å². The smallest absolute Gasteiger partial charge is 0.251 e. The summed E-state index contributed by atoms with van der Waals surface area (Å²) in [6.45, 7) is 4.27. The van der Waals surface area contributed by atoms with Crippen LogP contribution in [0.25, 0.3) is 0 Å². The molecule has 0 saturated carbocycles. The Kier molecular flexibility index (Phi) is 13.1. The molecule has 3 N–H and O–H groups in total. The summed E-state index contributed by atoms with van der Waals surface area (Å²) in [5.74, 6) is 0.696. The van der Waals surface area contributed by atoms with Gasteiger partial charge in [-0.05, 0) is 24.6 Å². The molecule has 130 valence electrons. The summed E-state index contributed by atoms with van der Waals surface area (Å²) in [5.41, 5.74) is 0.649. The number of nitrogens with zero attached hydrogens (tertiary/aromatic N) is 1. The van der Waals surface area contributed by atoms with Crippen molar-refractivity contribution in [2.45, 2.75) is 26.2 Å². The monoisotopic (exact) mass is 496 g/mol. The maximum atomic E-state index is 11.9. The fourth-order valence-corrected chi connectivity index (χ4v) is 2.29. The van der Waals surface area contributed by atoms with E-state index < -0.39 is 0 Å². The van der Waals surface area contributed by atoms with Gasteiger partial charge in [0.25, 0.3) is 5.91 Å². The van der Waals surface area contributed by atoms with Crippen molar-refractivity contribution in [3.8, 4) is 0 Å². The van der Waals surface area contributed by atoms with Crippen molar-refractivity contribution in [2.75, 3.05) is 26.7 Å². The standard InChI is InChI=1S/C16H25BrN4O.HI/c1-3-4-5-9-20-16(18-2)21-11-10-19-15(22)13-7-6-8-14(17)12-13;/h6-8,12H,3-5,9-11H2,1-2H3,(H,19,22)(H2,18,20,21);1H. The fraction of sp³-hybridized carbons (Fsp3) is 0.500. The van der Waals surface area contributed by atoms with Crippen LogP contribution in [-0.2, 0) is 0 Å². The molecule has 7 heteroatoms. The largest absolute Gasteiger partial charge is 0.356 e. The fourth-order valence-electron chi connectivity index (χ4n) is 1.89. The second-order valence-electron chi connectivity index (χ2n) is 4.90. The van der Waals surface area contributed by atoms with Gasteiger partial charge in [-0.3, -0.25) is 9.79 Å². The number of amides is 1. The molecular weight excluding hydrogens is 471 g/mol. The van der Waals surface area contributed by atoms with Gasteiger partial charge in [-0.15, -0.1) is 24.0 Å². The van der Waals surface area contributed by atoms with Crippen LogP contribution in [-0.4, -0.2) is 38.5 Å². The highest BCUT2D eigenvalue weighted by Crippen LogP contribution is 2.11. The van der Waals surface area contributed by atoms with Crippen molar-refractivity contribution >= 4 is 51.8 Å². The van der Waals surface area contributed by atoms with E-state index in [1.54, 1.807) is 19.2 Å². The molecule has 0 heterocycles. The highest BCUT2D eigenvalue weighted by atomic mass is 127. The van der Waals surface area contributed by atoms with E-state index in [1.165, 1.54) is 12.8 Å². The minimum atomic E-state index is -0.0750. The molecule has 0 aliphatic carbocycles. The molecule has 0 aliphatic heterocycles. The van der Waals surface area contributed by atoms with Gasteiger partial charge < -0.3 is 16.0 Å².